The summed E-state index contributed by atoms with van der Waals surface area (Å²) in [6.45, 7) is 4.97. The van der Waals surface area contributed by atoms with Crippen molar-refractivity contribution >= 4 is 0 Å². The maximum absolute atomic E-state index is 5.38. The van der Waals surface area contributed by atoms with Gasteiger partial charge in [0.15, 0.2) is 0 Å². The molecule has 0 aliphatic carbocycles. The summed E-state index contributed by atoms with van der Waals surface area (Å²) in [5.74, 6) is 1.67. The molecule has 0 bridgehead atoms. The Labute approximate surface area is 84.3 Å². The summed E-state index contributed by atoms with van der Waals surface area (Å²) >= 11 is 0. The minimum absolute atomic E-state index is 0.590. The van der Waals surface area contributed by atoms with Gasteiger partial charge < -0.3 is 14.6 Å². The second-order valence-corrected chi connectivity index (χ2v) is 3.99. The van der Waals surface area contributed by atoms with E-state index in [0.717, 1.165) is 24.7 Å². The van der Waals surface area contributed by atoms with E-state index in [4.69, 9.17) is 4.42 Å². The van der Waals surface area contributed by atoms with Crippen LogP contribution in [-0.4, -0.2) is 36.1 Å². The molecule has 0 amide bonds. The number of likely N-dealkylation sites (tertiary alicyclic amines) is 1. The van der Waals surface area contributed by atoms with E-state index in [-0.39, 0.29) is 0 Å². The van der Waals surface area contributed by atoms with Gasteiger partial charge in [-0.2, -0.15) is 0 Å². The number of nitrogens with zero attached hydrogens (tertiary/aromatic N) is 2. The summed E-state index contributed by atoms with van der Waals surface area (Å²) in [5, 5.41) is 3.44. The molecule has 1 fully saturated rings. The van der Waals surface area contributed by atoms with Crippen molar-refractivity contribution in [1.82, 2.24) is 15.2 Å². The first-order valence-corrected chi connectivity index (χ1v) is 5.07. The van der Waals surface area contributed by atoms with E-state index in [1.807, 2.05) is 6.92 Å². The van der Waals surface area contributed by atoms with E-state index in [0.29, 0.717) is 6.04 Å². The average Bonchev–Trinajstić information content (AvgIpc) is 2.72. The Morgan fingerprint density at radius 2 is 2.57 bits per heavy atom. The van der Waals surface area contributed by atoms with E-state index in [1.54, 1.807) is 6.20 Å². The number of aryl methyl sites for hydroxylation is 1. The molecule has 0 aromatic carbocycles. The molecule has 1 aliphatic heterocycles. The smallest absolute Gasteiger partial charge is 0.208 e. The van der Waals surface area contributed by atoms with Crippen molar-refractivity contribution in [3.8, 4) is 0 Å². The Morgan fingerprint density at radius 1 is 1.71 bits per heavy atom. The molecular weight excluding hydrogens is 178 g/mol. The first-order chi connectivity index (χ1) is 6.74. The van der Waals surface area contributed by atoms with E-state index in [2.05, 4.69) is 22.2 Å². The zero-order valence-electron chi connectivity index (χ0n) is 8.79. The van der Waals surface area contributed by atoms with Gasteiger partial charge in [-0.05, 0) is 26.9 Å². The summed E-state index contributed by atoms with van der Waals surface area (Å²) in [6.07, 6.45) is 2.98. The quantitative estimate of drug-likeness (QED) is 0.773. The molecular formula is C10H17N3O. The van der Waals surface area contributed by atoms with Crippen molar-refractivity contribution < 1.29 is 4.42 Å². The van der Waals surface area contributed by atoms with Crippen molar-refractivity contribution in [3.63, 3.8) is 0 Å². The zero-order chi connectivity index (χ0) is 9.97. The maximum Gasteiger partial charge on any atom is 0.208 e. The number of hydrogen-bond donors (Lipinski definition) is 1. The lowest BCUT2D eigenvalue weighted by molar-refractivity contribution is 0.385. The highest BCUT2D eigenvalue weighted by Crippen LogP contribution is 2.07. The summed E-state index contributed by atoms with van der Waals surface area (Å²) in [6, 6.07) is 0.590. The van der Waals surface area contributed by atoms with Crippen LogP contribution >= 0.6 is 0 Å². The fourth-order valence-electron chi connectivity index (χ4n) is 1.82. The number of hydrogen-bond acceptors (Lipinski definition) is 4. The normalized spacial score (nSPS) is 23.1. The van der Waals surface area contributed by atoms with Gasteiger partial charge in [0.1, 0.15) is 5.76 Å². The topological polar surface area (TPSA) is 41.3 Å². The van der Waals surface area contributed by atoms with Crippen LogP contribution in [0.2, 0.25) is 0 Å². The lowest BCUT2D eigenvalue weighted by atomic mass is 10.2. The fraction of sp³-hybridized carbons (Fsp3) is 0.700. The summed E-state index contributed by atoms with van der Waals surface area (Å²) < 4.78 is 5.38. The number of oxazole rings is 1. The first kappa shape index (κ1) is 9.68. The number of nitrogens with one attached hydrogen (secondary N) is 1. The molecule has 0 spiro atoms. The number of rotatable bonds is 3. The molecule has 1 atom stereocenters. The van der Waals surface area contributed by atoms with E-state index >= 15 is 0 Å². The molecule has 78 valence electrons. The van der Waals surface area contributed by atoms with Gasteiger partial charge in [0.2, 0.25) is 5.89 Å². The molecule has 1 aromatic rings. The predicted molar refractivity (Wildman–Crippen MR) is 54.0 cm³/mol. The largest absolute Gasteiger partial charge is 0.445 e. The minimum Gasteiger partial charge on any atom is -0.445 e. The highest BCUT2D eigenvalue weighted by atomic mass is 16.4. The highest BCUT2D eigenvalue weighted by molar-refractivity contribution is 4.91. The van der Waals surface area contributed by atoms with Crippen LogP contribution in [0, 0.1) is 6.92 Å². The molecule has 2 rings (SSSR count). The van der Waals surface area contributed by atoms with Crippen LogP contribution in [0.25, 0.3) is 0 Å². The molecule has 4 heteroatoms. The van der Waals surface area contributed by atoms with Crippen LogP contribution in [0.3, 0.4) is 0 Å². The molecule has 0 radical (unpaired) electrons. The average molecular weight is 195 g/mol. The molecule has 2 heterocycles. The number of likely N-dealkylation sites (N-methyl/N-ethyl adjacent to an activating group) is 1. The maximum atomic E-state index is 5.38. The van der Waals surface area contributed by atoms with Gasteiger partial charge in [0, 0.05) is 12.6 Å². The Morgan fingerprint density at radius 3 is 3.14 bits per heavy atom. The van der Waals surface area contributed by atoms with E-state index in [9.17, 15) is 0 Å². The second kappa shape index (κ2) is 4.11. The van der Waals surface area contributed by atoms with E-state index in [1.165, 1.54) is 13.0 Å². The zero-order valence-corrected chi connectivity index (χ0v) is 8.79. The van der Waals surface area contributed by atoms with Crippen molar-refractivity contribution in [2.45, 2.75) is 25.9 Å². The predicted octanol–water partition coefficient (Wildman–Crippen LogP) is 0.777. The van der Waals surface area contributed by atoms with Crippen molar-refractivity contribution in [2.75, 3.05) is 20.1 Å². The SMILES string of the molecule is Cc1cnc(CNC2CCN(C)C2)o1. The van der Waals surface area contributed by atoms with Crippen LogP contribution in [-0.2, 0) is 6.54 Å². The van der Waals surface area contributed by atoms with Gasteiger partial charge in [-0.25, -0.2) is 4.98 Å². The summed E-state index contributed by atoms with van der Waals surface area (Å²) in [5.41, 5.74) is 0. The molecule has 0 saturated carbocycles. The van der Waals surface area contributed by atoms with Gasteiger partial charge in [-0.1, -0.05) is 0 Å². The van der Waals surface area contributed by atoms with Crippen LogP contribution in [0.5, 0.6) is 0 Å². The molecule has 1 saturated heterocycles. The van der Waals surface area contributed by atoms with Crippen molar-refractivity contribution in [3.05, 3.63) is 17.8 Å². The molecule has 14 heavy (non-hydrogen) atoms. The van der Waals surface area contributed by atoms with Gasteiger partial charge >= 0.3 is 0 Å². The standard InChI is InChI=1S/C10H17N3O/c1-8-5-12-10(14-8)6-11-9-3-4-13(2)7-9/h5,9,11H,3-4,6-7H2,1-2H3. The first-order valence-electron chi connectivity index (χ1n) is 5.07. The van der Waals surface area contributed by atoms with Gasteiger partial charge in [-0.3, -0.25) is 0 Å². The van der Waals surface area contributed by atoms with Crippen molar-refractivity contribution in [2.24, 2.45) is 0 Å². The number of aromatic nitrogens is 1. The lowest BCUT2D eigenvalue weighted by Gasteiger charge is -2.10. The van der Waals surface area contributed by atoms with Crippen molar-refractivity contribution in [1.29, 1.82) is 0 Å². The van der Waals surface area contributed by atoms with Crippen LogP contribution < -0.4 is 5.32 Å². The Kier molecular flexibility index (Phi) is 2.84. The Balaban J connectivity index is 1.77. The van der Waals surface area contributed by atoms with Gasteiger partial charge in [0.05, 0.1) is 12.7 Å². The molecule has 1 N–H and O–H groups in total. The highest BCUT2D eigenvalue weighted by Gasteiger charge is 2.18. The summed E-state index contributed by atoms with van der Waals surface area (Å²) in [4.78, 5) is 6.48. The fourth-order valence-corrected chi connectivity index (χ4v) is 1.82. The minimum atomic E-state index is 0.590. The van der Waals surface area contributed by atoms with E-state index < -0.39 is 0 Å². The third-order valence-electron chi connectivity index (χ3n) is 2.60. The third-order valence-corrected chi connectivity index (χ3v) is 2.60. The van der Waals surface area contributed by atoms with Crippen LogP contribution in [0.4, 0.5) is 0 Å². The third kappa shape index (κ3) is 2.33. The van der Waals surface area contributed by atoms with Gasteiger partial charge in [0.25, 0.3) is 0 Å². The molecule has 4 nitrogen and oxygen atoms in total. The van der Waals surface area contributed by atoms with Crippen LogP contribution in [0.15, 0.2) is 10.6 Å². The lowest BCUT2D eigenvalue weighted by Crippen LogP contribution is -2.31. The Bertz CT molecular complexity index is 297. The monoisotopic (exact) mass is 195 g/mol. The molecule has 1 aliphatic rings. The summed E-state index contributed by atoms with van der Waals surface area (Å²) in [7, 11) is 2.15. The molecule has 1 unspecified atom stereocenters. The second-order valence-electron chi connectivity index (χ2n) is 3.99. The molecule has 1 aromatic heterocycles. The van der Waals surface area contributed by atoms with Crippen LogP contribution in [0.1, 0.15) is 18.1 Å². The Hall–Kier alpha value is -0.870. The van der Waals surface area contributed by atoms with Gasteiger partial charge in [-0.15, -0.1) is 0 Å².